The Bertz CT molecular complexity index is 237. The van der Waals surface area contributed by atoms with Gasteiger partial charge in [0, 0.05) is 5.92 Å². The van der Waals surface area contributed by atoms with Crippen LogP contribution < -0.4 is 0 Å². The molecule has 0 aromatic heterocycles. The molecule has 15 heavy (non-hydrogen) atoms. The van der Waals surface area contributed by atoms with E-state index >= 15 is 0 Å². The molecule has 2 aliphatic rings. The molecule has 1 fully saturated rings. The van der Waals surface area contributed by atoms with Gasteiger partial charge in [-0.1, -0.05) is 24.3 Å². The summed E-state index contributed by atoms with van der Waals surface area (Å²) in [5.74, 6) is 0.557. The monoisotopic (exact) mass is 208 g/mol. The zero-order chi connectivity index (χ0) is 10.5. The fourth-order valence-corrected chi connectivity index (χ4v) is 2.23. The van der Waals surface area contributed by atoms with Gasteiger partial charge in [0.15, 0.2) is 0 Å². The van der Waals surface area contributed by atoms with Crippen LogP contribution >= 0.6 is 0 Å². The SMILES string of the molecule is OC1CCC(OCC2C=CC=CC2)CC1. The quantitative estimate of drug-likeness (QED) is 0.772. The predicted molar refractivity (Wildman–Crippen MR) is 60.6 cm³/mol. The van der Waals surface area contributed by atoms with E-state index < -0.39 is 0 Å². The summed E-state index contributed by atoms with van der Waals surface area (Å²) in [5.41, 5.74) is 0. The molecule has 0 aromatic carbocycles. The zero-order valence-corrected chi connectivity index (χ0v) is 9.14. The summed E-state index contributed by atoms with van der Waals surface area (Å²) in [6.07, 6.45) is 13.9. The van der Waals surface area contributed by atoms with Crippen molar-refractivity contribution in [1.82, 2.24) is 0 Å². The highest BCUT2D eigenvalue weighted by Crippen LogP contribution is 2.22. The van der Waals surface area contributed by atoms with E-state index in [1.54, 1.807) is 0 Å². The van der Waals surface area contributed by atoms with Gasteiger partial charge in [0.25, 0.3) is 0 Å². The zero-order valence-electron chi connectivity index (χ0n) is 9.14. The normalized spacial score (nSPS) is 35.7. The Morgan fingerprint density at radius 3 is 2.60 bits per heavy atom. The van der Waals surface area contributed by atoms with Gasteiger partial charge in [-0.25, -0.2) is 0 Å². The number of hydrogen-bond donors (Lipinski definition) is 1. The minimum atomic E-state index is -0.0811. The van der Waals surface area contributed by atoms with E-state index in [0.717, 1.165) is 38.7 Å². The Labute approximate surface area is 91.6 Å². The van der Waals surface area contributed by atoms with Gasteiger partial charge in [-0.05, 0) is 32.1 Å². The summed E-state index contributed by atoms with van der Waals surface area (Å²) < 4.78 is 5.87. The Balaban J connectivity index is 1.65. The van der Waals surface area contributed by atoms with Crippen molar-refractivity contribution < 1.29 is 9.84 Å². The van der Waals surface area contributed by atoms with Crippen molar-refractivity contribution in [2.45, 2.75) is 44.3 Å². The number of aliphatic hydroxyl groups excluding tert-OH is 1. The van der Waals surface area contributed by atoms with E-state index in [1.165, 1.54) is 0 Å². The highest BCUT2D eigenvalue weighted by molar-refractivity contribution is 5.10. The molecular formula is C13H20O2. The molecular weight excluding hydrogens is 188 g/mol. The van der Waals surface area contributed by atoms with Crippen LogP contribution in [0.2, 0.25) is 0 Å². The molecule has 1 N–H and O–H groups in total. The van der Waals surface area contributed by atoms with Crippen LogP contribution in [0.3, 0.4) is 0 Å². The third-order valence-electron chi connectivity index (χ3n) is 3.26. The van der Waals surface area contributed by atoms with E-state index in [-0.39, 0.29) is 6.10 Å². The van der Waals surface area contributed by atoms with E-state index in [9.17, 15) is 5.11 Å². The van der Waals surface area contributed by atoms with Crippen molar-refractivity contribution in [3.05, 3.63) is 24.3 Å². The number of ether oxygens (including phenoxy) is 1. The maximum Gasteiger partial charge on any atom is 0.0577 e. The number of allylic oxidation sites excluding steroid dienone is 3. The molecule has 84 valence electrons. The van der Waals surface area contributed by atoms with Crippen LogP contribution in [0.4, 0.5) is 0 Å². The topological polar surface area (TPSA) is 29.5 Å². The minimum absolute atomic E-state index is 0.0811. The Morgan fingerprint density at radius 1 is 1.13 bits per heavy atom. The maximum absolute atomic E-state index is 9.37. The summed E-state index contributed by atoms with van der Waals surface area (Å²) in [6.45, 7) is 0.835. The molecule has 0 aliphatic heterocycles. The molecule has 0 aromatic rings. The van der Waals surface area contributed by atoms with Gasteiger partial charge in [0.1, 0.15) is 0 Å². The van der Waals surface area contributed by atoms with Crippen molar-refractivity contribution in [3.63, 3.8) is 0 Å². The fraction of sp³-hybridized carbons (Fsp3) is 0.692. The van der Waals surface area contributed by atoms with Crippen LogP contribution in [0.15, 0.2) is 24.3 Å². The second-order valence-electron chi connectivity index (χ2n) is 4.57. The number of aliphatic hydroxyl groups is 1. The van der Waals surface area contributed by atoms with Crippen LogP contribution in [0, 0.1) is 5.92 Å². The largest absolute Gasteiger partial charge is 0.393 e. The fourth-order valence-electron chi connectivity index (χ4n) is 2.23. The Kier molecular flexibility index (Phi) is 3.98. The average Bonchev–Trinajstić information content (AvgIpc) is 2.30. The van der Waals surface area contributed by atoms with E-state index in [0.29, 0.717) is 12.0 Å². The number of hydrogen-bond acceptors (Lipinski definition) is 2. The molecule has 0 spiro atoms. The first-order valence-corrected chi connectivity index (χ1v) is 5.97. The van der Waals surface area contributed by atoms with Crippen molar-refractivity contribution >= 4 is 0 Å². The van der Waals surface area contributed by atoms with Gasteiger partial charge < -0.3 is 9.84 Å². The molecule has 0 saturated heterocycles. The molecule has 1 atom stereocenters. The van der Waals surface area contributed by atoms with Gasteiger partial charge in [0.05, 0.1) is 18.8 Å². The van der Waals surface area contributed by atoms with Crippen LogP contribution in [0.5, 0.6) is 0 Å². The lowest BCUT2D eigenvalue weighted by Crippen LogP contribution is -2.26. The summed E-state index contributed by atoms with van der Waals surface area (Å²) in [7, 11) is 0. The molecule has 0 radical (unpaired) electrons. The summed E-state index contributed by atoms with van der Waals surface area (Å²) >= 11 is 0. The van der Waals surface area contributed by atoms with E-state index in [4.69, 9.17) is 4.74 Å². The highest BCUT2D eigenvalue weighted by atomic mass is 16.5. The molecule has 1 unspecified atom stereocenters. The summed E-state index contributed by atoms with van der Waals surface area (Å²) in [6, 6.07) is 0. The molecule has 2 aliphatic carbocycles. The lowest BCUT2D eigenvalue weighted by atomic mass is 9.95. The Hall–Kier alpha value is -0.600. The Morgan fingerprint density at radius 2 is 1.93 bits per heavy atom. The highest BCUT2D eigenvalue weighted by Gasteiger charge is 2.20. The lowest BCUT2D eigenvalue weighted by molar-refractivity contribution is -0.0120. The van der Waals surface area contributed by atoms with E-state index in [2.05, 4.69) is 24.3 Å². The van der Waals surface area contributed by atoms with Crippen LogP contribution in [-0.4, -0.2) is 23.9 Å². The van der Waals surface area contributed by atoms with Gasteiger partial charge in [-0.2, -0.15) is 0 Å². The third-order valence-corrected chi connectivity index (χ3v) is 3.26. The molecule has 0 bridgehead atoms. The van der Waals surface area contributed by atoms with Gasteiger partial charge in [-0.3, -0.25) is 0 Å². The van der Waals surface area contributed by atoms with Crippen LogP contribution in [0.1, 0.15) is 32.1 Å². The molecule has 1 saturated carbocycles. The first-order valence-electron chi connectivity index (χ1n) is 5.97. The van der Waals surface area contributed by atoms with Crippen molar-refractivity contribution in [2.75, 3.05) is 6.61 Å². The molecule has 0 heterocycles. The molecule has 2 heteroatoms. The van der Waals surface area contributed by atoms with Gasteiger partial charge >= 0.3 is 0 Å². The third kappa shape index (κ3) is 3.47. The second-order valence-corrected chi connectivity index (χ2v) is 4.57. The van der Waals surface area contributed by atoms with E-state index in [1.807, 2.05) is 0 Å². The molecule has 2 nitrogen and oxygen atoms in total. The van der Waals surface area contributed by atoms with Crippen LogP contribution in [-0.2, 0) is 4.74 Å². The maximum atomic E-state index is 9.37. The van der Waals surface area contributed by atoms with Crippen molar-refractivity contribution in [3.8, 4) is 0 Å². The first kappa shape index (κ1) is 10.9. The number of rotatable bonds is 3. The minimum Gasteiger partial charge on any atom is -0.393 e. The molecule has 0 amide bonds. The average molecular weight is 208 g/mol. The van der Waals surface area contributed by atoms with Crippen LogP contribution in [0.25, 0.3) is 0 Å². The standard InChI is InChI=1S/C13H20O2/c14-12-6-8-13(9-7-12)15-10-11-4-2-1-3-5-11/h1-4,11-14H,5-10H2. The van der Waals surface area contributed by atoms with Gasteiger partial charge in [0.2, 0.25) is 0 Å². The second kappa shape index (κ2) is 5.47. The summed E-state index contributed by atoms with van der Waals surface area (Å²) in [4.78, 5) is 0. The summed E-state index contributed by atoms with van der Waals surface area (Å²) in [5, 5.41) is 9.37. The van der Waals surface area contributed by atoms with Crippen molar-refractivity contribution in [1.29, 1.82) is 0 Å². The molecule has 2 rings (SSSR count). The smallest absolute Gasteiger partial charge is 0.0577 e. The lowest BCUT2D eigenvalue weighted by Gasteiger charge is -2.27. The van der Waals surface area contributed by atoms with Gasteiger partial charge in [-0.15, -0.1) is 0 Å². The van der Waals surface area contributed by atoms with Crippen molar-refractivity contribution in [2.24, 2.45) is 5.92 Å². The predicted octanol–water partition coefficient (Wildman–Crippen LogP) is 2.44. The first-order chi connectivity index (χ1) is 7.34.